The van der Waals surface area contributed by atoms with E-state index in [0.29, 0.717) is 10.8 Å². The lowest BCUT2D eigenvalue weighted by molar-refractivity contribution is -0.137. The van der Waals surface area contributed by atoms with Crippen LogP contribution in [0.3, 0.4) is 0 Å². The van der Waals surface area contributed by atoms with E-state index in [2.05, 4.69) is 5.32 Å². The van der Waals surface area contributed by atoms with Crippen molar-refractivity contribution in [2.24, 2.45) is 0 Å². The number of aliphatic hydroxyl groups excluding tert-OH is 1. The zero-order chi connectivity index (χ0) is 20.7. The van der Waals surface area contributed by atoms with E-state index in [0.717, 1.165) is 17.7 Å². The van der Waals surface area contributed by atoms with Crippen LogP contribution in [0, 0.1) is 6.92 Å². The van der Waals surface area contributed by atoms with E-state index in [1.54, 1.807) is 25.1 Å². The molecule has 5 nitrogen and oxygen atoms in total. The van der Waals surface area contributed by atoms with Crippen LogP contribution in [-0.4, -0.2) is 36.9 Å². The largest absolute Gasteiger partial charge is 0.491 e. The van der Waals surface area contributed by atoms with E-state index in [1.165, 1.54) is 12.1 Å². The molecule has 0 aliphatic rings. The maximum Gasteiger partial charge on any atom is 0.416 e. The van der Waals surface area contributed by atoms with Crippen LogP contribution in [-0.2, 0) is 11.0 Å². The summed E-state index contributed by atoms with van der Waals surface area (Å²) in [6.07, 6.45) is -5.58. The number of rotatable bonds is 8. The van der Waals surface area contributed by atoms with E-state index in [-0.39, 0.29) is 25.5 Å². The number of hydrogen-bond acceptors (Lipinski definition) is 4. The number of ether oxygens (including phenoxy) is 2. The molecule has 152 valence electrons. The molecule has 0 saturated carbocycles. The van der Waals surface area contributed by atoms with Crippen molar-refractivity contribution in [2.75, 3.05) is 19.8 Å². The summed E-state index contributed by atoms with van der Waals surface area (Å²) in [6.45, 7) is 1.11. The van der Waals surface area contributed by atoms with Gasteiger partial charge < -0.3 is 19.9 Å². The van der Waals surface area contributed by atoms with E-state index < -0.39 is 23.8 Å². The van der Waals surface area contributed by atoms with Crippen LogP contribution in [0.5, 0.6) is 11.5 Å². The average Bonchev–Trinajstić information content (AvgIpc) is 2.63. The van der Waals surface area contributed by atoms with Crippen LogP contribution in [0.15, 0.2) is 42.5 Å². The molecule has 1 unspecified atom stereocenters. The van der Waals surface area contributed by atoms with Gasteiger partial charge >= 0.3 is 6.18 Å². The van der Waals surface area contributed by atoms with Gasteiger partial charge in [0.05, 0.1) is 5.56 Å². The summed E-state index contributed by atoms with van der Waals surface area (Å²) < 4.78 is 48.5. The SMILES string of the molecule is Cc1cc(Cl)ccc1OCC(=O)NCC(O)COc1cccc(C(F)(F)F)c1. The molecule has 2 rings (SSSR count). The summed E-state index contributed by atoms with van der Waals surface area (Å²) in [6, 6.07) is 9.30. The molecule has 0 aliphatic carbocycles. The highest BCUT2D eigenvalue weighted by Crippen LogP contribution is 2.31. The van der Waals surface area contributed by atoms with Crippen molar-refractivity contribution in [3.8, 4) is 11.5 Å². The highest BCUT2D eigenvalue weighted by molar-refractivity contribution is 6.30. The van der Waals surface area contributed by atoms with Gasteiger partial charge in [-0.2, -0.15) is 13.2 Å². The van der Waals surface area contributed by atoms with Gasteiger partial charge in [-0.3, -0.25) is 4.79 Å². The van der Waals surface area contributed by atoms with Gasteiger partial charge in [0, 0.05) is 11.6 Å². The third-order valence-corrected chi connectivity index (χ3v) is 3.87. The van der Waals surface area contributed by atoms with Gasteiger partial charge in [0.25, 0.3) is 5.91 Å². The normalized spacial score (nSPS) is 12.4. The molecule has 0 aromatic heterocycles. The Morgan fingerprint density at radius 1 is 1.21 bits per heavy atom. The number of aryl methyl sites for hydroxylation is 1. The fraction of sp³-hybridized carbons (Fsp3) is 0.316. The van der Waals surface area contributed by atoms with E-state index in [1.807, 2.05) is 0 Å². The predicted molar refractivity (Wildman–Crippen MR) is 97.6 cm³/mol. The van der Waals surface area contributed by atoms with Crippen LogP contribution in [0.1, 0.15) is 11.1 Å². The van der Waals surface area contributed by atoms with Crippen molar-refractivity contribution in [2.45, 2.75) is 19.2 Å². The monoisotopic (exact) mass is 417 g/mol. The van der Waals surface area contributed by atoms with Crippen LogP contribution in [0.4, 0.5) is 13.2 Å². The Kier molecular flexibility index (Phi) is 7.53. The number of benzene rings is 2. The Bertz CT molecular complexity index is 814. The van der Waals surface area contributed by atoms with E-state index in [9.17, 15) is 23.1 Å². The van der Waals surface area contributed by atoms with Crippen molar-refractivity contribution in [1.29, 1.82) is 0 Å². The van der Waals surface area contributed by atoms with Gasteiger partial charge in [0.2, 0.25) is 0 Å². The average molecular weight is 418 g/mol. The molecular weight excluding hydrogens is 399 g/mol. The van der Waals surface area contributed by atoms with Crippen molar-refractivity contribution in [3.05, 3.63) is 58.6 Å². The number of hydrogen-bond donors (Lipinski definition) is 2. The fourth-order valence-corrected chi connectivity index (χ4v) is 2.44. The molecular formula is C19H19ClF3NO4. The molecule has 0 aliphatic heterocycles. The number of carbonyl (C=O) groups excluding carboxylic acids is 1. The van der Waals surface area contributed by atoms with Gasteiger partial charge in [-0.05, 0) is 48.9 Å². The third kappa shape index (κ3) is 6.94. The molecule has 0 bridgehead atoms. The first kappa shape index (κ1) is 21.8. The van der Waals surface area contributed by atoms with E-state index in [4.69, 9.17) is 21.1 Å². The number of nitrogens with one attached hydrogen (secondary N) is 1. The van der Waals surface area contributed by atoms with Crippen molar-refractivity contribution in [3.63, 3.8) is 0 Å². The Balaban J connectivity index is 1.73. The number of alkyl halides is 3. The second kappa shape index (κ2) is 9.66. The molecule has 0 fully saturated rings. The summed E-state index contributed by atoms with van der Waals surface area (Å²) in [5.74, 6) is 0.0159. The summed E-state index contributed by atoms with van der Waals surface area (Å²) in [4.78, 5) is 11.8. The minimum atomic E-state index is -4.48. The topological polar surface area (TPSA) is 67.8 Å². The molecule has 9 heteroatoms. The molecule has 1 amide bonds. The van der Waals surface area contributed by atoms with E-state index >= 15 is 0 Å². The lowest BCUT2D eigenvalue weighted by Crippen LogP contribution is -2.37. The zero-order valence-electron chi connectivity index (χ0n) is 14.9. The number of carbonyl (C=O) groups is 1. The zero-order valence-corrected chi connectivity index (χ0v) is 15.7. The quantitative estimate of drug-likeness (QED) is 0.688. The fourth-order valence-electron chi connectivity index (χ4n) is 2.21. The molecule has 2 aromatic rings. The first-order valence-electron chi connectivity index (χ1n) is 8.29. The summed E-state index contributed by atoms with van der Waals surface area (Å²) in [5.41, 5.74) is -0.0720. The Hall–Kier alpha value is -2.45. The number of amides is 1. The molecule has 2 aromatic carbocycles. The maximum absolute atomic E-state index is 12.6. The van der Waals surface area contributed by atoms with Crippen LogP contribution in [0.25, 0.3) is 0 Å². The van der Waals surface area contributed by atoms with Crippen LogP contribution < -0.4 is 14.8 Å². The van der Waals surface area contributed by atoms with Crippen molar-refractivity contribution in [1.82, 2.24) is 5.32 Å². The third-order valence-electron chi connectivity index (χ3n) is 3.63. The second-order valence-corrected chi connectivity index (χ2v) is 6.43. The number of aliphatic hydroxyl groups is 1. The number of halogens is 4. The molecule has 28 heavy (non-hydrogen) atoms. The van der Waals surface area contributed by atoms with Crippen molar-refractivity contribution >= 4 is 17.5 Å². The molecule has 0 spiro atoms. The minimum absolute atomic E-state index is 0.0262. The van der Waals surface area contributed by atoms with Gasteiger partial charge in [-0.15, -0.1) is 0 Å². The maximum atomic E-state index is 12.6. The molecule has 0 saturated heterocycles. The summed E-state index contributed by atoms with van der Waals surface area (Å²) in [5, 5.41) is 12.8. The first-order chi connectivity index (χ1) is 13.1. The van der Waals surface area contributed by atoms with Crippen LogP contribution >= 0.6 is 11.6 Å². The highest BCUT2D eigenvalue weighted by atomic mass is 35.5. The first-order valence-corrected chi connectivity index (χ1v) is 8.66. The molecule has 0 radical (unpaired) electrons. The standard InChI is InChI=1S/C19H19ClF3NO4/c1-12-7-14(20)5-6-17(12)28-11-18(26)24-9-15(25)10-27-16-4-2-3-13(8-16)19(21,22)23/h2-8,15,25H,9-11H2,1H3,(H,24,26). The Labute approximate surface area is 165 Å². The predicted octanol–water partition coefficient (Wildman–Crippen LogP) is 3.60. The van der Waals surface area contributed by atoms with Gasteiger partial charge in [0.1, 0.15) is 24.2 Å². The molecule has 0 heterocycles. The van der Waals surface area contributed by atoms with Gasteiger partial charge in [-0.25, -0.2) is 0 Å². The van der Waals surface area contributed by atoms with Crippen molar-refractivity contribution < 1.29 is 32.5 Å². The molecule has 2 N–H and O–H groups in total. The smallest absolute Gasteiger partial charge is 0.416 e. The lowest BCUT2D eigenvalue weighted by Gasteiger charge is -2.15. The minimum Gasteiger partial charge on any atom is -0.491 e. The van der Waals surface area contributed by atoms with Gasteiger partial charge in [-0.1, -0.05) is 17.7 Å². The Morgan fingerprint density at radius 3 is 2.64 bits per heavy atom. The highest BCUT2D eigenvalue weighted by Gasteiger charge is 2.30. The second-order valence-electron chi connectivity index (χ2n) is 5.99. The molecule has 1 atom stereocenters. The van der Waals surface area contributed by atoms with Crippen LogP contribution in [0.2, 0.25) is 5.02 Å². The van der Waals surface area contributed by atoms with Gasteiger partial charge in [0.15, 0.2) is 6.61 Å². The summed E-state index contributed by atoms with van der Waals surface area (Å²) >= 11 is 5.84. The summed E-state index contributed by atoms with van der Waals surface area (Å²) in [7, 11) is 0. The Morgan fingerprint density at radius 2 is 1.96 bits per heavy atom. The lowest BCUT2D eigenvalue weighted by atomic mass is 10.2.